The van der Waals surface area contributed by atoms with Crippen molar-refractivity contribution in [2.24, 2.45) is 0 Å². The summed E-state index contributed by atoms with van der Waals surface area (Å²) in [6.45, 7) is 4.01. The molecule has 0 aromatic heterocycles. The predicted molar refractivity (Wildman–Crippen MR) is 70.4 cm³/mol. The van der Waals surface area contributed by atoms with Gasteiger partial charge in [-0.1, -0.05) is 0 Å². The standard InChI is InChI=1S/C13H15FN4O2/c14-12-7-11(8-13(9-12)18(19)20)10-17-5-3-16(2-1-15)4-6-17/h7-9H,2-6,10H2. The van der Waals surface area contributed by atoms with E-state index in [2.05, 4.69) is 11.0 Å². The lowest BCUT2D eigenvalue weighted by Gasteiger charge is -2.33. The van der Waals surface area contributed by atoms with E-state index in [1.807, 2.05) is 4.90 Å². The van der Waals surface area contributed by atoms with Gasteiger partial charge in [-0.15, -0.1) is 0 Å². The molecule has 2 rings (SSSR count). The minimum atomic E-state index is -0.586. The number of nitriles is 1. The van der Waals surface area contributed by atoms with Crippen LogP contribution in [-0.4, -0.2) is 47.4 Å². The smallest absolute Gasteiger partial charge is 0.272 e. The van der Waals surface area contributed by atoms with E-state index in [0.29, 0.717) is 18.7 Å². The fourth-order valence-corrected chi connectivity index (χ4v) is 2.29. The molecular weight excluding hydrogens is 263 g/mol. The minimum Gasteiger partial charge on any atom is -0.297 e. The van der Waals surface area contributed by atoms with Crippen LogP contribution in [-0.2, 0) is 6.54 Å². The number of non-ortho nitro benzene ring substituents is 1. The molecular formula is C13H15FN4O2. The molecule has 0 unspecified atom stereocenters. The van der Waals surface area contributed by atoms with Gasteiger partial charge in [-0.2, -0.15) is 5.26 Å². The van der Waals surface area contributed by atoms with Crippen LogP contribution in [0.5, 0.6) is 0 Å². The fourth-order valence-electron chi connectivity index (χ4n) is 2.29. The number of nitro groups is 1. The van der Waals surface area contributed by atoms with Crippen LogP contribution in [0.1, 0.15) is 5.56 Å². The van der Waals surface area contributed by atoms with Gasteiger partial charge in [0.1, 0.15) is 5.82 Å². The Morgan fingerprint density at radius 1 is 1.25 bits per heavy atom. The molecule has 0 bridgehead atoms. The highest BCUT2D eigenvalue weighted by atomic mass is 19.1. The normalized spacial score (nSPS) is 16.8. The number of rotatable bonds is 4. The van der Waals surface area contributed by atoms with Gasteiger partial charge in [0, 0.05) is 38.8 Å². The highest BCUT2D eigenvalue weighted by molar-refractivity contribution is 5.35. The molecule has 1 fully saturated rings. The molecule has 106 valence electrons. The van der Waals surface area contributed by atoms with E-state index < -0.39 is 10.7 Å². The Labute approximate surface area is 116 Å². The van der Waals surface area contributed by atoms with Gasteiger partial charge >= 0.3 is 0 Å². The van der Waals surface area contributed by atoms with Gasteiger partial charge in [0.15, 0.2) is 0 Å². The van der Waals surface area contributed by atoms with Crippen molar-refractivity contribution in [3.8, 4) is 6.07 Å². The van der Waals surface area contributed by atoms with Crippen molar-refractivity contribution in [2.75, 3.05) is 32.7 Å². The molecule has 1 heterocycles. The zero-order valence-electron chi connectivity index (χ0n) is 11.0. The Bertz CT molecular complexity index is 536. The lowest BCUT2D eigenvalue weighted by molar-refractivity contribution is -0.385. The third-order valence-electron chi connectivity index (χ3n) is 3.32. The maximum absolute atomic E-state index is 13.3. The van der Waals surface area contributed by atoms with Gasteiger partial charge < -0.3 is 0 Å². The Hall–Kier alpha value is -2.04. The van der Waals surface area contributed by atoms with Crippen LogP contribution in [0.25, 0.3) is 0 Å². The number of nitrogens with zero attached hydrogens (tertiary/aromatic N) is 4. The van der Waals surface area contributed by atoms with E-state index in [4.69, 9.17) is 5.26 Å². The zero-order valence-corrected chi connectivity index (χ0v) is 11.0. The first kappa shape index (κ1) is 14.4. The summed E-state index contributed by atoms with van der Waals surface area (Å²) in [5.74, 6) is -0.586. The van der Waals surface area contributed by atoms with Crippen molar-refractivity contribution in [3.63, 3.8) is 0 Å². The summed E-state index contributed by atoms with van der Waals surface area (Å²) in [4.78, 5) is 14.3. The largest absolute Gasteiger partial charge is 0.297 e. The van der Waals surface area contributed by atoms with Gasteiger partial charge in [-0.3, -0.25) is 19.9 Å². The van der Waals surface area contributed by atoms with Crippen LogP contribution >= 0.6 is 0 Å². The summed E-state index contributed by atoms with van der Waals surface area (Å²) < 4.78 is 13.3. The molecule has 20 heavy (non-hydrogen) atoms. The van der Waals surface area contributed by atoms with E-state index >= 15 is 0 Å². The van der Waals surface area contributed by atoms with Gasteiger partial charge in [0.2, 0.25) is 0 Å². The highest BCUT2D eigenvalue weighted by Gasteiger charge is 2.18. The van der Waals surface area contributed by atoms with Gasteiger partial charge in [-0.25, -0.2) is 4.39 Å². The summed E-state index contributed by atoms with van der Waals surface area (Å²) in [5.41, 5.74) is 0.383. The van der Waals surface area contributed by atoms with Crippen molar-refractivity contribution < 1.29 is 9.31 Å². The minimum absolute atomic E-state index is 0.219. The molecule has 0 amide bonds. The van der Waals surface area contributed by atoms with E-state index in [1.54, 1.807) is 0 Å². The lowest BCUT2D eigenvalue weighted by Crippen LogP contribution is -2.45. The molecule has 0 saturated carbocycles. The van der Waals surface area contributed by atoms with Gasteiger partial charge in [-0.05, 0) is 11.6 Å². The summed E-state index contributed by atoms with van der Waals surface area (Å²) >= 11 is 0. The van der Waals surface area contributed by atoms with E-state index in [0.717, 1.165) is 32.2 Å². The molecule has 1 aliphatic heterocycles. The Kier molecular flexibility index (Phi) is 4.61. The van der Waals surface area contributed by atoms with Crippen LogP contribution in [0.2, 0.25) is 0 Å². The Morgan fingerprint density at radius 3 is 2.50 bits per heavy atom. The van der Waals surface area contributed by atoms with Gasteiger partial charge in [0.05, 0.1) is 23.6 Å². The summed E-state index contributed by atoms with van der Waals surface area (Å²) in [5, 5.41) is 19.3. The van der Waals surface area contributed by atoms with Crippen LogP contribution < -0.4 is 0 Å². The molecule has 1 aromatic rings. The number of nitro benzene ring substituents is 1. The molecule has 7 heteroatoms. The Morgan fingerprint density at radius 2 is 1.90 bits per heavy atom. The average Bonchev–Trinajstić information content (AvgIpc) is 2.40. The molecule has 0 N–H and O–H groups in total. The topological polar surface area (TPSA) is 73.4 Å². The summed E-state index contributed by atoms with van der Waals surface area (Å²) in [6, 6.07) is 5.77. The third-order valence-corrected chi connectivity index (χ3v) is 3.32. The van der Waals surface area contributed by atoms with E-state index in [1.165, 1.54) is 12.1 Å². The van der Waals surface area contributed by atoms with Gasteiger partial charge in [0.25, 0.3) is 5.69 Å². The summed E-state index contributed by atoms with van der Waals surface area (Å²) in [6.07, 6.45) is 0. The molecule has 1 aliphatic rings. The first-order valence-electron chi connectivity index (χ1n) is 6.34. The number of benzene rings is 1. The van der Waals surface area contributed by atoms with Crippen LogP contribution in [0, 0.1) is 27.3 Å². The zero-order chi connectivity index (χ0) is 14.5. The van der Waals surface area contributed by atoms with E-state index in [9.17, 15) is 14.5 Å². The lowest BCUT2D eigenvalue weighted by atomic mass is 10.1. The van der Waals surface area contributed by atoms with Crippen LogP contribution in [0.15, 0.2) is 18.2 Å². The quantitative estimate of drug-likeness (QED) is 0.472. The van der Waals surface area contributed by atoms with Crippen molar-refractivity contribution in [1.29, 1.82) is 5.26 Å². The number of piperazine rings is 1. The van der Waals surface area contributed by atoms with Crippen molar-refractivity contribution >= 4 is 5.69 Å². The number of hydrogen-bond acceptors (Lipinski definition) is 5. The molecule has 1 saturated heterocycles. The number of halogens is 1. The molecule has 0 spiro atoms. The highest BCUT2D eigenvalue weighted by Crippen LogP contribution is 2.18. The molecule has 0 atom stereocenters. The van der Waals surface area contributed by atoms with Crippen LogP contribution in [0.3, 0.4) is 0 Å². The number of hydrogen-bond donors (Lipinski definition) is 0. The Balaban J connectivity index is 1.98. The first-order chi connectivity index (χ1) is 9.58. The first-order valence-corrected chi connectivity index (χ1v) is 6.34. The average molecular weight is 278 g/mol. The molecule has 0 radical (unpaired) electrons. The fraction of sp³-hybridized carbons (Fsp3) is 0.462. The SMILES string of the molecule is N#CCN1CCN(Cc2cc(F)cc([N+](=O)[O-])c2)CC1. The second kappa shape index (κ2) is 6.41. The maximum atomic E-state index is 13.3. The molecule has 0 aliphatic carbocycles. The van der Waals surface area contributed by atoms with E-state index in [-0.39, 0.29) is 5.69 Å². The third kappa shape index (κ3) is 3.73. The van der Waals surface area contributed by atoms with Crippen LogP contribution in [0.4, 0.5) is 10.1 Å². The maximum Gasteiger partial charge on any atom is 0.272 e. The van der Waals surface area contributed by atoms with Crippen molar-refractivity contribution in [1.82, 2.24) is 9.80 Å². The van der Waals surface area contributed by atoms with Crippen molar-refractivity contribution in [2.45, 2.75) is 6.54 Å². The second-order valence-electron chi connectivity index (χ2n) is 4.79. The summed E-state index contributed by atoms with van der Waals surface area (Å²) in [7, 11) is 0. The monoisotopic (exact) mass is 278 g/mol. The predicted octanol–water partition coefficient (Wildman–Crippen LogP) is 1.38. The molecule has 6 nitrogen and oxygen atoms in total. The second-order valence-corrected chi connectivity index (χ2v) is 4.79. The van der Waals surface area contributed by atoms with Crippen molar-refractivity contribution in [3.05, 3.63) is 39.7 Å². The molecule has 1 aromatic carbocycles.